The van der Waals surface area contributed by atoms with Crippen molar-refractivity contribution in [3.8, 4) is 0 Å². The fraction of sp³-hybridized carbons (Fsp3) is 0.833. The lowest BCUT2D eigenvalue weighted by Crippen LogP contribution is -2.71. The number of hydrogen-bond acceptors (Lipinski definition) is 3. The summed E-state index contributed by atoms with van der Waals surface area (Å²) in [5, 5.41) is 2.75. The van der Waals surface area contributed by atoms with E-state index in [1.807, 2.05) is 13.8 Å². The highest BCUT2D eigenvalue weighted by Gasteiger charge is 2.50. The van der Waals surface area contributed by atoms with Crippen LogP contribution in [0.3, 0.4) is 0 Å². The number of nitrogens with one attached hydrogen (secondary N) is 1. The van der Waals surface area contributed by atoms with Crippen LogP contribution in [0.4, 0.5) is 0 Å². The topological polar surface area (TPSA) is 58.6 Å². The minimum absolute atomic E-state index is 0.00412. The Morgan fingerprint density at radius 2 is 2.24 bits per heavy atom. The van der Waals surface area contributed by atoms with Crippen molar-refractivity contribution in [2.75, 3.05) is 13.2 Å². The summed E-state index contributed by atoms with van der Waals surface area (Å²) in [6.07, 6.45) is 1.44. The first-order chi connectivity index (χ1) is 8.00. The number of nitrogens with zero attached hydrogens (tertiary/aromatic N) is 1. The number of carbonyl (C=O) groups is 2. The van der Waals surface area contributed by atoms with E-state index in [0.717, 1.165) is 6.42 Å². The predicted octanol–water partition coefficient (Wildman–Crippen LogP) is 0.291. The third-order valence-corrected chi connectivity index (χ3v) is 3.94. The van der Waals surface area contributed by atoms with Gasteiger partial charge >= 0.3 is 0 Å². The van der Waals surface area contributed by atoms with Crippen molar-refractivity contribution in [2.45, 2.75) is 51.2 Å². The molecule has 3 atom stereocenters. The molecule has 2 amide bonds. The SMILES string of the molecule is CCC1(C)C(=O)NC(C)C(=O)N1C1CCOC1. The van der Waals surface area contributed by atoms with Crippen LogP contribution in [0.5, 0.6) is 0 Å². The highest BCUT2D eigenvalue weighted by Crippen LogP contribution is 2.30. The second kappa shape index (κ2) is 4.29. The number of amides is 2. The fourth-order valence-electron chi connectivity index (χ4n) is 2.61. The number of piperazine rings is 1. The van der Waals surface area contributed by atoms with Gasteiger partial charge in [0, 0.05) is 6.61 Å². The molecule has 2 saturated heterocycles. The third kappa shape index (κ3) is 1.82. The van der Waals surface area contributed by atoms with Crippen molar-refractivity contribution in [1.82, 2.24) is 10.2 Å². The molecule has 0 aromatic rings. The van der Waals surface area contributed by atoms with Gasteiger partial charge in [0.05, 0.1) is 12.6 Å². The molecule has 17 heavy (non-hydrogen) atoms. The quantitative estimate of drug-likeness (QED) is 0.755. The lowest BCUT2D eigenvalue weighted by molar-refractivity contribution is -0.159. The monoisotopic (exact) mass is 240 g/mol. The minimum atomic E-state index is -0.734. The number of carbonyl (C=O) groups excluding carboxylic acids is 2. The van der Waals surface area contributed by atoms with Crippen LogP contribution < -0.4 is 5.32 Å². The van der Waals surface area contributed by atoms with E-state index in [9.17, 15) is 9.59 Å². The highest BCUT2D eigenvalue weighted by atomic mass is 16.5. The molecule has 2 aliphatic rings. The maximum absolute atomic E-state index is 12.3. The summed E-state index contributed by atoms with van der Waals surface area (Å²) in [4.78, 5) is 26.2. The Bertz CT molecular complexity index is 339. The van der Waals surface area contributed by atoms with Crippen LogP contribution in [-0.2, 0) is 14.3 Å². The Hall–Kier alpha value is -1.10. The van der Waals surface area contributed by atoms with Gasteiger partial charge in [0.15, 0.2) is 0 Å². The summed E-state index contributed by atoms with van der Waals surface area (Å²) < 4.78 is 5.34. The summed E-state index contributed by atoms with van der Waals surface area (Å²) >= 11 is 0. The Kier molecular flexibility index (Phi) is 3.12. The molecule has 0 aliphatic carbocycles. The first kappa shape index (κ1) is 12.4. The molecule has 0 spiro atoms. The van der Waals surface area contributed by atoms with Gasteiger partial charge in [0.1, 0.15) is 11.6 Å². The van der Waals surface area contributed by atoms with Crippen molar-refractivity contribution in [3.63, 3.8) is 0 Å². The summed E-state index contributed by atoms with van der Waals surface area (Å²) in [6, 6.07) is -0.385. The van der Waals surface area contributed by atoms with Gasteiger partial charge in [-0.1, -0.05) is 6.92 Å². The van der Waals surface area contributed by atoms with Crippen molar-refractivity contribution in [3.05, 3.63) is 0 Å². The van der Waals surface area contributed by atoms with E-state index in [1.54, 1.807) is 11.8 Å². The van der Waals surface area contributed by atoms with E-state index in [-0.39, 0.29) is 17.9 Å². The molecule has 0 radical (unpaired) electrons. The van der Waals surface area contributed by atoms with Gasteiger partial charge in [-0.15, -0.1) is 0 Å². The molecule has 2 fully saturated rings. The molecular weight excluding hydrogens is 220 g/mol. The maximum atomic E-state index is 12.3. The van der Waals surface area contributed by atoms with E-state index < -0.39 is 11.6 Å². The summed E-state index contributed by atoms with van der Waals surface area (Å²) in [6.45, 7) is 6.72. The Morgan fingerprint density at radius 1 is 1.53 bits per heavy atom. The van der Waals surface area contributed by atoms with Gasteiger partial charge < -0.3 is 15.0 Å². The van der Waals surface area contributed by atoms with Gasteiger partial charge in [-0.25, -0.2) is 0 Å². The molecule has 5 nitrogen and oxygen atoms in total. The molecule has 2 heterocycles. The van der Waals surface area contributed by atoms with Gasteiger partial charge in [0.2, 0.25) is 11.8 Å². The lowest BCUT2D eigenvalue weighted by atomic mass is 9.89. The Morgan fingerprint density at radius 3 is 2.76 bits per heavy atom. The van der Waals surface area contributed by atoms with Gasteiger partial charge in [-0.2, -0.15) is 0 Å². The van der Waals surface area contributed by atoms with Crippen molar-refractivity contribution < 1.29 is 14.3 Å². The molecule has 0 aromatic carbocycles. The first-order valence-corrected chi connectivity index (χ1v) is 6.22. The van der Waals surface area contributed by atoms with Gasteiger partial charge in [-0.3, -0.25) is 9.59 Å². The third-order valence-electron chi connectivity index (χ3n) is 3.94. The van der Waals surface area contributed by atoms with Crippen LogP contribution in [0.25, 0.3) is 0 Å². The summed E-state index contributed by atoms with van der Waals surface area (Å²) in [5.74, 6) is -0.0524. The van der Waals surface area contributed by atoms with Crippen LogP contribution in [0.15, 0.2) is 0 Å². The molecule has 5 heteroatoms. The van der Waals surface area contributed by atoms with Crippen molar-refractivity contribution >= 4 is 11.8 Å². The van der Waals surface area contributed by atoms with Crippen LogP contribution >= 0.6 is 0 Å². The van der Waals surface area contributed by atoms with E-state index in [2.05, 4.69) is 5.32 Å². The van der Waals surface area contributed by atoms with Crippen LogP contribution in [-0.4, -0.2) is 47.6 Å². The minimum Gasteiger partial charge on any atom is -0.379 e. The van der Waals surface area contributed by atoms with E-state index in [4.69, 9.17) is 4.74 Å². The number of ether oxygens (including phenoxy) is 1. The smallest absolute Gasteiger partial charge is 0.246 e. The standard InChI is InChI=1S/C12H20N2O3/c1-4-12(3)11(16)13-8(2)10(15)14(12)9-5-6-17-7-9/h8-9H,4-7H2,1-3H3,(H,13,16). The molecule has 96 valence electrons. The average Bonchev–Trinajstić information content (AvgIpc) is 2.80. The molecule has 1 N–H and O–H groups in total. The van der Waals surface area contributed by atoms with Crippen molar-refractivity contribution in [1.29, 1.82) is 0 Å². The second-order valence-electron chi connectivity index (χ2n) is 5.05. The zero-order chi connectivity index (χ0) is 12.6. The molecule has 0 aromatic heterocycles. The molecule has 2 rings (SSSR count). The van der Waals surface area contributed by atoms with Crippen LogP contribution in [0.1, 0.15) is 33.6 Å². The molecular formula is C12H20N2O3. The molecule has 3 unspecified atom stereocenters. The average molecular weight is 240 g/mol. The predicted molar refractivity (Wildman–Crippen MR) is 62.4 cm³/mol. The first-order valence-electron chi connectivity index (χ1n) is 6.22. The lowest BCUT2D eigenvalue weighted by Gasteiger charge is -2.47. The van der Waals surface area contributed by atoms with Crippen LogP contribution in [0.2, 0.25) is 0 Å². The second-order valence-corrected chi connectivity index (χ2v) is 5.05. The molecule has 0 saturated carbocycles. The van der Waals surface area contributed by atoms with E-state index >= 15 is 0 Å². The normalized spacial score (nSPS) is 38.4. The summed E-state index contributed by atoms with van der Waals surface area (Å²) in [5.41, 5.74) is -0.734. The maximum Gasteiger partial charge on any atom is 0.246 e. The largest absolute Gasteiger partial charge is 0.379 e. The molecule has 2 aliphatic heterocycles. The van der Waals surface area contributed by atoms with E-state index in [0.29, 0.717) is 19.6 Å². The Labute approximate surface area is 101 Å². The Balaban J connectivity index is 2.33. The van der Waals surface area contributed by atoms with Gasteiger partial charge in [-0.05, 0) is 26.7 Å². The number of rotatable bonds is 2. The fourth-order valence-corrected chi connectivity index (χ4v) is 2.61. The number of hydrogen-bond donors (Lipinski definition) is 1. The van der Waals surface area contributed by atoms with E-state index in [1.165, 1.54) is 0 Å². The zero-order valence-corrected chi connectivity index (χ0v) is 10.7. The summed E-state index contributed by atoms with van der Waals surface area (Å²) in [7, 11) is 0. The highest BCUT2D eigenvalue weighted by molar-refractivity contribution is 5.99. The van der Waals surface area contributed by atoms with Crippen LogP contribution in [0, 0.1) is 0 Å². The van der Waals surface area contributed by atoms with Gasteiger partial charge in [0.25, 0.3) is 0 Å². The van der Waals surface area contributed by atoms with Crippen molar-refractivity contribution in [2.24, 2.45) is 0 Å². The molecule has 0 bridgehead atoms. The zero-order valence-electron chi connectivity index (χ0n) is 10.7.